The zero-order chi connectivity index (χ0) is 28.0. The van der Waals surface area contributed by atoms with Crippen LogP contribution in [-0.4, -0.2) is 49.5 Å². The van der Waals surface area contributed by atoms with Crippen molar-refractivity contribution in [2.24, 2.45) is 0 Å². The van der Waals surface area contributed by atoms with Crippen LogP contribution in [0.5, 0.6) is 0 Å². The summed E-state index contributed by atoms with van der Waals surface area (Å²) in [5, 5.41) is 19.4. The Hall–Kier alpha value is -3.79. The number of nitrogens with zero attached hydrogens (tertiary/aromatic N) is 1. The molecule has 1 aliphatic heterocycles. The van der Waals surface area contributed by atoms with Crippen LogP contribution in [0.1, 0.15) is 73.4 Å². The molecular formula is C27H36N4O6. The van der Waals surface area contributed by atoms with Gasteiger partial charge < -0.3 is 25.5 Å². The summed E-state index contributed by atoms with van der Waals surface area (Å²) in [6.07, 6.45) is 0.332. The van der Waals surface area contributed by atoms with Crippen molar-refractivity contribution in [1.29, 1.82) is 0 Å². The molecule has 3 N–H and O–H groups in total. The zero-order valence-electron chi connectivity index (χ0n) is 22.4. The van der Waals surface area contributed by atoms with Gasteiger partial charge in [-0.2, -0.15) is 0 Å². The number of carbonyl (C=O) groups is 3. The first-order valence-corrected chi connectivity index (χ1v) is 11.9. The van der Waals surface area contributed by atoms with Gasteiger partial charge in [-0.1, -0.05) is 53.7 Å². The highest BCUT2D eigenvalue weighted by Crippen LogP contribution is 2.29. The second-order valence-electron chi connectivity index (χ2n) is 10.7. The smallest absolute Gasteiger partial charge is 0.282 e. The van der Waals surface area contributed by atoms with Crippen LogP contribution in [0.4, 0.5) is 11.4 Å². The fourth-order valence-corrected chi connectivity index (χ4v) is 3.55. The highest BCUT2D eigenvalue weighted by Gasteiger charge is 2.25. The zero-order valence-corrected chi connectivity index (χ0v) is 22.4. The standard InChI is InChI=1S/C14H20N2O2.C13H16N2O4/c1-14(2,3)9-5-6-10-11(7-9)16-12(18-4)8-15-13(10)17;1-13(2,3)9-4-5-10(11(8-9)15(18)19)12(17)14-6-7-16/h5-7,12,16H,8H2,1-4H3,(H,15,17);4-5,7-8H,6H2,1-3H3,(H,14,17). The quantitative estimate of drug-likeness (QED) is 0.313. The van der Waals surface area contributed by atoms with E-state index in [2.05, 4.69) is 36.7 Å². The fourth-order valence-electron chi connectivity index (χ4n) is 3.55. The van der Waals surface area contributed by atoms with Gasteiger partial charge in [0, 0.05) is 18.9 Å². The Morgan fingerprint density at radius 1 is 1.11 bits per heavy atom. The summed E-state index contributed by atoms with van der Waals surface area (Å²) in [5.74, 6) is -0.684. The Bertz CT molecular complexity index is 1160. The van der Waals surface area contributed by atoms with E-state index in [1.54, 1.807) is 13.2 Å². The third-order valence-corrected chi connectivity index (χ3v) is 5.83. The Morgan fingerprint density at radius 3 is 2.24 bits per heavy atom. The lowest BCUT2D eigenvalue weighted by molar-refractivity contribution is -0.385. The van der Waals surface area contributed by atoms with Crippen molar-refractivity contribution < 1.29 is 24.0 Å². The lowest BCUT2D eigenvalue weighted by Gasteiger charge is -2.22. The monoisotopic (exact) mass is 512 g/mol. The lowest BCUT2D eigenvalue weighted by atomic mass is 9.86. The number of rotatable bonds is 5. The number of amides is 2. The average Bonchev–Trinajstić information content (AvgIpc) is 2.99. The summed E-state index contributed by atoms with van der Waals surface area (Å²) in [4.78, 5) is 44.3. The van der Waals surface area contributed by atoms with Gasteiger partial charge in [0.1, 0.15) is 18.1 Å². The van der Waals surface area contributed by atoms with E-state index in [0.29, 0.717) is 18.4 Å². The van der Waals surface area contributed by atoms with E-state index in [0.717, 1.165) is 11.3 Å². The molecule has 0 radical (unpaired) electrons. The third kappa shape index (κ3) is 7.85. The Labute approximate surface area is 217 Å². The normalized spacial score (nSPS) is 15.1. The number of ether oxygens (including phenoxy) is 1. The molecule has 1 unspecified atom stereocenters. The predicted octanol–water partition coefficient (Wildman–Crippen LogP) is 3.93. The summed E-state index contributed by atoms with van der Waals surface area (Å²) >= 11 is 0. The van der Waals surface area contributed by atoms with E-state index in [4.69, 9.17) is 4.74 Å². The largest absolute Gasteiger partial charge is 0.360 e. The van der Waals surface area contributed by atoms with Crippen molar-refractivity contribution in [3.63, 3.8) is 0 Å². The van der Waals surface area contributed by atoms with Crippen molar-refractivity contribution >= 4 is 29.5 Å². The molecule has 2 aromatic carbocycles. The fraction of sp³-hybridized carbons (Fsp3) is 0.444. The SMILES string of the molecule is CC(C)(C)c1ccc(C(=O)NCC=O)c([N+](=O)[O-])c1.COC1CNC(=O)c2ccc(C(C)(C)C)cc2N1. The Kier molecular flexibility index (Phi) is 9.52. The predicted molar refractivity (Wildman–Crippen MR) is 142 cm³/mol. The number of nitrogens with one attached hydrogen (secondary N) is 3. The molecule has 200 valence electrons. The molecule has 1 atom stereocenters. The van der Waals surface area contributed by atoms with E-state index >= 15 is 0 Å². The van der Waals surface area contributed by atoms with Gasteiger partial charge in [0.25, 0.3) is 17.5 Å². The van der Waals surface area contributed by atoms with Crippen LogP contribution in [-0.2, 0) is 20.4 Å². The first kappa shape index (κ1) is 29.4. The van der Waals surface area contributed by atoms with Crippen LogP contribution in [0.25, 0.3) is 0 Å². The van der Waals surface area contributed by atoms with Gasteiger partial charge in [-0.25, -0.2) is 0 Å². The molecule has 0 spiro atoms. The number of nitro groups is 1. The molecule has 0 aliphatic carbocycles. The van der Waals surface area contributed by atoms with Crippen LogP contribution in [0, 0.1) is 10.1 Å². The van der Waals surface area contributed by atoms with Gasteiger partial charge >= 0.3 is 0 Å². The maximum atomic E-state index is 11.9. The number of hydrogen-bond donors (Lipinski definition) is 3. The summed E-state index contributed by atoms with van der Waals surface area (Å²) in [7, 11) is 1.63. The van der Waals surface area contributed by atoms with E-state index < -0.39 is 10.8 Å². The van der Waals surface area contributed by atoms with E-state index in [-0.39, 0.29) is 40.8 Å². The van der Waals surface area contributed by atoms with Crippen LogP contribution >= 0.6 is 0 Å². The van der Waals surface area contributed by atoms with Crippen molar-refractivity contribution in [3.05, 3.63) is 68.8 Å². The number of aldehydes is 1. The van der Waals surface area contributed by atoms with Gasteiger partial charge in [0.15, 0.2) is 0 Å². The molecule has 0 saturated carbocycles. The van der Waals surface area contributed by atoms with Crippen LogP contribution < -0.4 is 16.0 Å². The molecule has 2 aromatic rings. The lowest BCUT2D eigenvalue weighted by Crippen LogP contribution is -2.33. The van der Waals surface area contributed by atoms with E-state index in [1.807, 2.05) is 39.0 Å². The van der Waals surface area contributed by atoms with E-state index in [1.165, 1.54) is 17.7 Å². The maximum absolute atomic E-state index is 11.9. The summed E-state index contributed by atoms with van der Waals surface area (Å²) in [5.41, 5.74) is 2.98. The van der Waals surface area contributed by atoms with Gasteiger partial charge in [0.2, 0.25) is 0 Å². The minimum Gasteiger partial charge on any atom is -0.360 e. The summed E-state index contributed by atoms with van der Waals surface area (Å²) < 4.78 is 5.28. The van der Waals surface area contributed by atoms with Gasteiger partial charge in [-0.3, -0.25) is 19.7 Å². The topological polar surface area (TPSA) is 140 Å². The molecule has 0 aromatic heterocycles. The number of fused-ring (bicyclic) bond motifs is 1. The first-order chi connectivity index (χ1) is 17.2. The second-order valence-corrected chi connectivity index (χ2v) is 10.7. The minimum atomic E-state index is -0.626. The number of carbonyl (C=O) groups excluding carboxylic acids is 3. The number of methoxy groups -OCH3 is 1. The Morgan fingerprint density at radius 2 is 1.70 bits per heavy atom. The van der Waals surface area contributed by atoms with Gasteiger partial charge in [-0.15, -0.1) is 0 Å². The van der Waals surface area contributed by atoms with Crippen molar-refractivity contribution in [1.82, 2.24) is 10.6 Å². The highest BCUT2D eigenvalue weighted by atomic mass is 16.6. The molecule has 0 fully saturated rings. The molecule has 1 heterocycles. The van der Waals surface area contributed by atoms with Crippen molar-refractivity contribution in [2.75, 3.05) is 25.5 Å². The van der Waals surface area contributed by atoms with E-state index in [9.17, 15) is 24.5 Å². The molecule has 37 heavy (non-hydrogen) atoms. The van der Waals surface area contributed by atoms with Crippen molar-refractivity contribution in [3.8, 4) is 0 Å². The number of nitro benzene ring substituents is 1. The Balaban J connectivity index is 0.000000260. The molecule has 2 amide bonds. The molecule has 10 heteroatoms. The van der Waals surface area contributed by atoms with Gasteiger partial charge in [0.05, 0.1) is 23.6 Å². The molecule has 1 aliphatic rings. The molecule has 0 bridgehead atoms. The second kappa shape index (κ2) is 12.0. The molecular weight excluding hydrogens is 476 g/mol. The molecule has 10 nitrogen and oxygen atoms in total. The van der Waals surface area contributed by atoms with Crippen LogP contribution in [0.15, 0.2) is 36.4 Å². The molecule has 0 saturated heterocycles. The third-order valence-electron chi connectivity index (χ3n) is 5.83. The van der Waals surface area contributed by atoms with Crippen LogP contribution in [0.3, 0.4) is 0 Å². The minimum absolute atomic E-state index is 0.0418. The summed E-state index contributed by atoms with van der Waals surface area (Å²) in [6.45, 7) is 12.5. The number of benzene rings is 2. The average molecular weight is 513 g/mol. The molecule has 3 rings (SSSR count). The van der Waals surface area contributed by atoms with Crippen molar-refractivity contribution in [2.45, 2.75) is 58.6 Å². The first-order valence-electron chi connectivity index (χ1n) is 11.9. The number of anilines is 1. The number of hydrogen-bond acceptors (Lipinski definition) is 7. The summed E-state index contributed by atoms with van der Waals surface area (Å²) in [6, 6.07) is 10.4. The van der Waals surface area contributed by atoms with Gasteiger partial charge in [-0.05, 0) is 40.2 Å². The van der Waals surface area contributed by atoms with Crippen LogP contribution in [0.2, 0.25) is 0 Å². The maximum Gasteiger partial charge on any atom is 0.282 e. The highest BCUT2D eigenvalue weighted by molar-refractivity contribution is 6.00.